The lowest BCUT2D eigenvalue weighted by Gasteiger charge is -2.11. The molecule has 0 amide bonds. The maximum absolute atomic E-state index is 6.01. The number of ether oxygens (including phenoxy) is 1. The topological polar surface area (TPSA) is 88.9 Å². The molecule has 4 N–H and O–H groups in total. The number of aromatic amines is 1. The zero-order chi connectivity index (χ0) is 19.5. The van der Waals surface area contributed by atoms with Crippen LogP contribution in [0.4, 0.5) is 5.82 Å². The molecule has 142 valence electrons. The van der Waals surface area contributed by atoms with Crippen molar-refractivity contribution in [2.45, 2.75) is 19.7 Å². The molecule has 7 heteroatoms. The van der Waals surface area contributed by atoms with Gasteiger partial charge >= 0.3 is 0 Å². The number of fused-ring (bicyclic) bond motifs is 1. The first-order valence-electron chi connectivity index (χ1n) is 8.94. The van der Waals surface area contributed by atoms with Crippen molar-refractivity contribution in [3.63, 3.8) is 0 Å². The number of benzene rings is 2. The van der Waals surface area contributed by atoms with Crippen LogP contribution in [0.2, 0.25) is 5.02 Å². The number of hydrogen-bond donors (Lipinski definition) is 3. The van der Waals surface area contributed by atoms with Gasteiger partial charge in [0.1, 0.15) is 23.8 Å². The molecular formula is C21H20ClN5O. The number of H-pyrrole nitrogens is 1. The van der Waals surface area contributed by atoms with Crippen molar-refractivity contribution < 1.29 is 4.74 Å². The van der Waals surface area contributed by atoms with Gasteiger partial charge in [0, 0.05) is 10.6 Å². The molecule has 0 bridgehead atoms. The Morgan fingerprint density at radius 3 is 2.68 bits per heavy atom. The van der Waals surface area contributed by atoms with Gasteiger partial charge in [-0.15, -0.1) is 0 Å². The monoisotopic (exact) mass is 393 g/mol. The summed E-state index contributed by atoms with van der Waals surface area (Å²) in [5, 5.41) is 4.70. The minimum atomic E-state index is -0.247. The molecular weight excluding hydrogens is 374 g/mol. The first-order valence-corrected chi connectivity index (χ1v) is 9.32. The summed E-state index contributed by atoms with van der Waals surface area (Å²) in [4.78, 5) is 12.7. The maximum Gasteiger partial charge on any atom is 0.163 e. The second-order valence-electron chi connectivity index (χ2n) is 6.50. The van der Waals surface area contributed by atoms with Gasteiger partial charge in [0.05, 0.1) is 17.2 Å². The summed E-state index contributed by atoms with van der Waals surface area (Å²) in [6, 6.07) is 19.1. The van der Waals surface area contributed by atoms with Crippen LogP contribution in [0.5, 0.6) is 5.75 Å². The van der Waals surface area contributed by atoms with E-state index in [9.17, 15) is 0 Å². The Bertz CT molecular complexity index is 1090. The minimum Gasteiger partial charge on any atom is -0.487 e. The first-order chi connectivity index (χ1) is 13.6. The normalized spacial score (nSPS) is 12.1. The second kappa shape index (κ2) is 7.88. The summed E-state index contributed by atoms with van der Waals surface area (Å²) in [6.45, 7) is 2.22. The van der Waals surface area contributed by atoms with E-state index in [0.29, 0.717) is 29.0 Å². The van der Waals surface area contributed by atoms with Crippen LogP contribution in [0.25, 0.3) is 22.4 Å². The predicted octanol–water partition coefficient (Wildman–Crippen LogP) is 4.57. The van der Waals surface area contributed by atoms with Gasteiger partial charge < -0.3 is 20.8 Å². The summed E-state index contributed by atoms with van der Waals surface area (Å²) in [5.74, 6) is 2.01. The highest BCUT2D eigenvalue weighted by atomic mass is 35.5. The molecule has 4 rings (SSSR count). The quantitative estimate of drug-likeness (QED) is 0.417. The van der Waals surface area contributed by atoms with Crippen LogP contribution < -0.4 is 15.8 Å². The number of halogens is 1. The molecule has 0 aliphatic rings. The van der Waals surface area contributed by atoms with E-state index in [1.165, 1.54) is 0 Å². The molecule has 0 radical (unpaired) electrons. The second-order valence-corrected chi connectivity index (χ2v) is 6.93. The number of rotatable bonds is 6. The molecule has 28 heavy (non-hydrogen) atoms. The van der Waals surface area contributed by atoms with E-state index < -0.39 is 0 Å². The van der Waals surface area contributed by atoms with Gasteiger partial charge in [-0.3, -0.25) is 0 Å². The Hall–Kier alpha value is -3.09. The molecule has 0 aliphatic carbocycles. The average molecular weight is 394 g/mol. The summed E-state index contributed by atoms with van der Waals surface area (Å²) in [7, 11) is 0. The molecule has 0 saturated carbocycles. The van der Waals surface area contributed by atoms with Crippen LogP contribution in [0.3, 0.4) is 0 Å². The van der Waals surface area contributed by atoms with Crippen LogP contribution in [-0.2, 0) is 6.61 Å². The third kappa shape index (κ3) is 4.08. The first kappa shape index (κ1) is 18.3. The lowest BCUT2D eigenvalue weighted by molar-refractivity contribution is 0.302. The smallest absolute Gasteiger partial charge is 0.163 e. The summed E-state index contributed by atoms with van der Waals surface area (Å²) in [6.07, 6.45) is -0.247. The van der Waals surface area contributed by atoms with Crippen molar-refractivity contribution in [3.8, 4) is 17.1 Å². The fourth-order valence-electron chi connectivity index (χ4n) is 2.90. The van der Waals surface area contributed by atoms with Gasteiger partial charge in [-0.1, -0.05) is 48.0 Å². The van der Waals surface area contributed by atoms with Crippen molar-refractivity contribution in [2.24, 2.45) is 5.73 Å². The number of aromatic nitrogens is 3. The van der Waals surface area contributed by atoms with Gasteiger partial charge in [-0.25, -0.2) is 9.97 Å². The third-order valence-corrected chi connectivity index (χ3v) is 4.37. The average Bonchev–Trinajstić information content (AvgIpc) is 3.10. The molecule has 2 aromatic heterocycles. The third-order valence-electron chi connectivity index (χ3n) is 4.13. The van der Waals surface area contributed by atoms with Crippen molar-refractivity contribution in [3.05, 3.63) is 71.4 Å². The molecule has 0 fully saturated rings. The van der Waals surface area contributed by atoms with Gasteiger partial charge in [0.25, 0.3) is 0 Å². The van der Waals surface area contributed by atoms with Crippen LogP contribution in [0, 0.1) is 0 Å². The van der Waals surface area contributed by atoms with E-state index >= 15 is 0 Å². The number of nitrogens with zero attached hydrogens (tertiary/aromatic N) is 2. The molecule has 0 aliphatic heterocycles. The lowest BCUT2D eigenvalue weighted by atomic mass is 10.2. The van der Waals surface area contributed by atoms with Crippen molar-refractivity contribution in [2.75, 3.05) is 5.32 Å². The predicted molar refractivity (Wildman–Crippen MR) is 112 cm³/mol. The van der Waals surface area contributed by atoms with Crippen LogP contribution in [0.1, 0.15) is 12.6 Å². The number of nitrogens with two attached hydrogens (primary N) is 1. The molecule has 0 spiro atoms. The van der Waals surface area contributed by atoms with Gasteiger partial charge in [-0.2, -0.15) is 0 Å². The van der Waals surface area contributed by atoms with Crippen LogP contribution >= 0.6 is 11.6 Å². The SMILES string of the molecule is CC(N)Nc1nc(-c2ccccc2)nc2[nH]c(COc3cccc(Cl)c3)cc12. The Morgan fingerprint density at radius 2 is 1.93 bits per heavy atom. The van der Waals surface area contributed by atoms with E-state index in [1.807, 2.05) is 61.5 Å². The van der Waals surface area contributed by atoms with Crippen LogP contribution in [-0.4, -0.2) is 21.1 Å². The van der Waals surface area contributed by atoms with E-state index in [2.05, 4.69) is 20.3 Å². The Labute approximate surface area is 167 Å². The number of anilines is 1. The lowest BCUT2D eigenvalue weighted by Crippen LogP contribution is -2.26. The van der Waals surface area contributed by atoms with Gasteiger partial charge in [0.15, 0.2) is 5.82 Å². The highest BCUT2D eigenvalue weighted by Crippen LogP contribution is 2.26. The minimum absolute atomic E-state index is 0.247. The highest BCUT2D eigenvalue weighted by Gasteiger charge is 2.13. The van der Waals surface area contributed by atoms with Gasteiger partial charge in [-0.05, 0) is 31.2 Å². The van der Waals surface area contributed by atoms with Crippen molar-refractivity contribution in [1.82, 2.24) is 15.0 Å². The van der Waals surface area contributed by atoms with Crippen molar-refractivity contribution >= 4 is 28.5 Å². The zero-order valence-corrected chi connectivity index (χ0v) is 16.1. The maximum atomic E-state index is 6.01. The highest BCUT2D eigenvalue weighted by molar-refractivity contribution is 6.30. The van der Waals surface area contributed by atoms with E-state index in [-0.39, 0.29) is 6.17 Å². The molecule has 2 heterocycles. The molecule has 1 unspecified atom stereocenters. The molecule has 4 aromatic rings. The number of nitrogens with one attached hydrogen (secondary N) is 2. The van der Waals surface area contributed by atoms with Gasteiger partial charge in [0.2, 0.25) is 0 Å². The standard InChI is InChI=1S/C21H20ClN5O/c1-13(23)24-20-18-11-16(12-28-17-9-5-8-15(22)10-17)25-21(18)27-19(26-20)14-6-3-2-4-7-14/h2-11,13H,12,23H2,1H3,(H2,24,25,26,27). The van der Waals surface area contributed by atoms with Crippen LogP contribution in [0.15, 0.2) is 60.7 Å². The van der Waals surface area contributed by atoms with E-state index in [0.717, 1.165) is 22.3 Å². The van der Waals surface area contributed by atoms with E-state index in [1.54, 1.807) is 6.07 Å². The number of hydrogen-bond acceptors (Lipinski definition) is 5. The Kier molecular flexibility index (Phi) is 5.14. The van der Waals surface area contributed by atoms with Crippen molar-refractivity contribution in [1.29, 1.82) is 0 Å². The summed E-state index contributed by atoms with van der Waals surface area (Å²) >= 11 is 6.01. The zero-order valence-electron chi connectivity index (χ0n) is 15.3. The summed E-state index contributed by atoms with van der Waals surface area (Å²) in [5.41, 5.74) is 8.48. The molecule has 1 atom stereocenters. The van der Waals surface area contributed by atoms with E-state index in [4.69, 9.17) is 22.1 Å². The molecule has 2 aromatic carbocycles. The Balaban J connectivity index is 1.68. The fourth-order valence-corrected chi connectivity index (χ4v) is 3.08. The summed E-state index contributed by atoms with van der Waals surface area (Å²) < 4.78 is 5.83. The molecule has 6 nitrogen and oxygen atoms in total. The largest absolute Gasteiger partial charge is 0.487 e. The fraction of sp³-hybridized carbons (Fsp3) is 0.143. The Morgan fingerprint density at radius 1 is 1.11 bits per heavy atom. The molecule has 0 saturated heterocycles.